The number of rotatable bonds is 4. The molecule has 1 aliphatic carbocycles. The SMILES string of the molecule is O=C(O)CC(c1ccco1)c1nc2c(s1)CCC2. The molecule has 0 saturated carbocycles. The summed E-state index contributed by atoms with van der Waals surface area (Å²) in [6.07, 6.45) is 4.86. The highest BCUT2D eigenvalue weighted by atomic mass is 32.1. The van der Waals surface area contributed by atoms with Gasteiger partial charge in [-0.25, -0.2) is 4.98 Å². The molecule has 0 saturated heterocycles. The molecule has 4 nitrogen and oxygen atoms in total. The van der Waals surface area contributed by atoms with Crippen LogP contribution in [-0.2, 0) is 17.6 Å². The van der Waals surface area contributed by atoms with E-state index in [2.05, 4.69) is 4.98 Å². The summed E-state index contributed by atoms with van der Waals surface area (Å²) >= 11 is 1.64. The topological polar surface area (TPSA) is 63.3 Å². The molecule has 0 amide bonds. The fourth-order valence-corrected chi connectivity index (χ4v) is 3.60. The highest BCUT2D eigenvalue weighted by molar-refractivity contribution is 7.11. The second-order valence-electron chi connectivity index (χ2n) is 4.44. The van der Waals surface area contributed by atoms with E-state index in [0.29, 0.717) is 5.76 Å². The van der Waals surface area contributed by atoms with Crippen LogP contribution in [0.3, 0.4) is 0 Å². The number of hydrogen-bond acceptors (Lipinski definition) is 4. The van der Waals surface area contributed by atoms with E-state index in [1.54, 1.807) is 23.7 Å². The quantitative estimate of drug-likeness (QED) is 0.921. The molecule has 3 rings (SSSR count). The molecule has 1 unspecified atom stereocenters. The smallest absolute Gasteiger partial charge is 0.304 e. The summed E-state index contributed by atoms with van der Waals surface area (Å²) in [4.78, 5) is 16.9. The average Bonchev–Trinajstić information content (AvgIpc) is 3.01. The van der Waals surface area contributed by atoms with Crippen molar-refractivity contribution in [3.8, 4) is 0 Å². The Bertz CT molecular complexity index is 537. The third kappa shape index (κ3) is 2.06. The first-order valence-electron chi connectivity index (χ1n) is 5.97. The summed E-state index contributed by atoms with van der Waals surface area (Å²) in [5.74, 6) is -0.398. The lowest BCUT2D eigenvalue weighted by Gasteiger charge is -2.08. The molecule has 0 radical (unpaired) electrons. The number of thiazole rings is 1. The lowest BCUT2D eigenvalue weighted by molar-refractivity contribution is -0.137. The first kappa shape index (κ1) is 11.5. The third-order valence-corrected chi connectivity index (χ3v) is 4.45. The Morgan fingerprint density at radius 1 is 1.56 bits per heavy atom. The molecule has 1 aliphatic rings. The van der Waals surface area contributed by atoms with Gasteiger partial charge in [-0.1, -0.05) is 0 Å². The van der Waals surface area contributed by atoms with Gasteiger partial charge < -0.3 is 9.52 Å². The number of carboxylic acid groups (broad SMARTS) is 1. The predicted molar refractivity (Wildman–Crippen MR) is 66.9 cm³/mol. The van der Waals surface area contributed by atoms with Crippen molar-refractivity contribution in [2.24, 2.45) is 0 Å². The molecule has 0 aliphatic heterocycles. The van der Waals surface area contributed by atoms with Gasteiger partial charge in [0.1, 0.15) is 10.8 Å². The van der Waals surface area contributed by atoms with E-state index in [1.165, 1.54) is 11.3 Å². The van der Waals surface area contributed by atoms with Crippen molar-refractivity contribution in [1.82, 2.24) is 4.98 Å². The van der Waals surface area contributed by atoms with E-state index in [-0.39, 0.29) is 12.3 Å². The summed E-state index contributed by atoms with van der Waals surface area (Å²) in [7, 11) is 0. The van der Waals surface area contributed by atoms with Crippen LogP contribution < -0.4 is 0 Å². The van der Waals surface area contributed by atoms with Crippen molar-refractivity contribution in [3.63, 3.8) is 0 Å². The Morgan fingerprint density at radius 3 is 3.11 bits per heavy atom. The van der Waals surface area contributed by atoms with Gasteiger partial charge in [0.25, 0.3) is 0 Å². The minimum atomic E-state index is -0.827. The second kappa shape index (κ2) is 4.57. The molecule has 18 heavy (non-hydrogen) atoms. The van der Waals surface area contributed by atoms with E-state index < -0.39 is 5.97 Å². The van der Waals surface area contributed by atoms with E-state index in [0.717, 1.165) is 23.5 Å². The lowest BCUT2D eigenvalue weighted by atomic mass is 10.0. The molecule has 1 atom stereocenters. The van der Waals surface area contributed by atoms with Gasteiger partial charge in [-0.05, 0) is 31.4 Å². The van der Waals surface area contributed by atoms with E-state index >= 15 is 0 Å². The number of carbonyl (C=O) groups is 1. The fraction of sp³-hybridized carbons (Fsp3) is 0.385. The Balaban J connectivity index is 1.94. The standard InChI is InChI=1S/C13H13NO3S/c15-12(16)7-8(10-4-2-6-17-10)13-14-9-3-1-5-11(9)18-13/h2,4,6,8H,1,3,5,7H2,(H,15,16). The van der Waals surface area contributed by atoms with Crippen LogP contribution in [0.25, 0.3) is 0 Å². The van der Waals surface area contributed by atoms with Gasteiger partial charge in [-0.3, -0.25) is 4.79 Å². The predicted octanol–water partition coefficient (Wildman–Crippen LogP) is 2.83. The van der Waals surface area contributed by atoms with Crippen LogP contribution in [0.5, 0.6) is 0 Å². The molecule has 94 valence electrons. The zero-order valence-corrected chi connectivity index (χ0v) is 10.6. The van der Waals surface area contributed by atoms with Gasteiger partial charge in [-0.15, -0.1) is 11.3 Å². The van der Waals surface area contributed by atoms with Crippen LogP contribution in [0.15, 0.2) is 22.8 Å². The number of furan rings is 1. The van der Waals surface area contributed by atoms with Crippen molar-refractivity contribution >= 4 is 17.3 Å². The molecule has 2 heterocycles. The highest BCUT2D eigenvalue weighted by Gasteiger charge is 2.26. The number of aryl methyl sites for hydroxylation is 2. The normalized spacial score (nSPS) is 15.6. The molecule has 5 heteroatoms. The Hall–Kier alpha value is -1.62. The minimum absolute atomic E-state index is 0.0277. The summed E-state index contributed by atoms with van der Waals surface area (Å²) in [6, 6.07) is 3.60. The Morgan fingerprint density at radius 2 is 2.44 bits per heavy atom. The maximum atomic E-state index is 11.0. The van der Waals surface area contributed by atoms with Crippen molar-refractivity contribution < 1.29 is 14.3 Å². The number of nitrogens with zero attached hydrogens (tertiary/aromatic N) is 1. The van der Waals surface area contributed by atoms with Crippen molar-refractivity contribution in [2.75, 3.05) is 0 Å². The second-order valence-corrected chi connectivity index (χ2v) is 5.56. The minimum Gasteiger partial charge on any atom is -0.481 e. The van der Waals surface area contributed by atoms with Gasteiger partial charge in [0.05, 0.1) is 24.3 Å². The summed E-state index contributed by atoms with van der Waals surface area (Å²) in [5, 5.41) is 9.90. The highest BCUT2D eigenvalue weighted by Crippen LogP contribution is 2.36. The number of hydrogen-bond donors (Lipinski definition) is 1. The van der Waals surface area contributed by atoms with E-state index in [4.69, 9.17) is 9.52 Å². The van der Waals surface area contributed by atoms with Crippen LogP contribution >= 0.6 is 11.3 Å². The van der Waals surface area contributed by atoms with Gasteiger partial charge in [0.2, 0.25) is 0 Å². The summed E-state index contributed by atoms with van der Waals surface area (Å²) < 4.78 is 5.36. The molecule has 0 aromatic carbocycles. The van der Waals surface area contributed by atoms with Gasteiger partial charge in [0, 0.05) is 4.88 Å². The number of aliphatic carboxylic acids is 1. The van der Waals surface area contributed by atoms with Crippen LogP contribution in [0.1, 0.15) is 40.1 Å². The third-order valence-electron chi connectivity index (χ3n) is 3.18. The molecule has 0 spiro atoms. The summed E-state index contributed by atoms with van der Waals surface area (Å²) in [6.45, 7) is 0. The number of carboxylic acids is 1. The van der Waals surface area contributed by atoms with E-state index in [1.807, 2.05) is 6.07 Å². The van der Waals surface area contributed by atoms with Crippen molar-refractivity contribution in [3.05, 3.63) is 39.7 Å². The first-order chi connectivity index (χ1) is 8.74. The van der Waals surface area contributed by atoms with Crippen molar-refractivity contribution in [2.45, 2.75) is 31.6 Å². The van der Waals surface area contributed by atoms with Crippen LogP contribution in [0.2, 0.25) is 0 Å². The fourth-order valence-electron chi connectivity index (χ4n) is 2.33. The van der Waals surface area contributed by atoms with Crippen LogP contribution in [-0.4, -0.2) is 16.1 Å². The molecule has 0 fully saturated rings. The molecule has 2 aromatic rings. The molecular formula is C13H13NO3S. The Kier molecular flexibility index (Phi) is 2.91. The van der Waals surface area contributed by atoms with Crippen LogP contribution in [0.4, 0.5) is 0 Å². The maximum absolute atomic E-state index is 11.0. The Labute approximate surface area is 108 Å². The molecule has 1 N–H and O–H groups in total. The monoisotopic (exact) mass is 263 g/mol. The number of aromatic nitrogens is 1. The maximum Gasteiger partial charge on any atom is 0.304 e. The van der Waals surface area contributed by atoms with E-state index in [9.17, 15) is 4.79 Å². The molecular weight excluding hydrogens is 250 g/mol. The lowest BCUT2D eigenvalue weighted by Crippen LogP contribution is -2.07. The average molecular weight is 263 g/mol. The molecule has 2 aromatic heterocycles. The largest absolute Gasteiger partial charge is 0.481 e. The first-order valence-corrected chi connectivity index (χ1v) is 6.79. The van der Waals surface area contributed by atoms with Crippen LogP contribution in [0, 0.1) is 0 Å². The van der Waals surface area contributed by atoms with Gasteiger partial charge in [0.15, 0.2) is 0 Å². The van der Waals surface area contributed by atoms with Gasteiger partial charge >= 0.3 is 5.97 Å². The summed E-state index contributed by atoms with van der Waals surface area (Å²) in [5.41, 5.74) is 1.15. The zero-order valence-electron chi connectivity index (χ0n) is 9.76. The molecule has 0 bridgehead atoms. The van der Waals surface area contributed by atoms with Gasteiger partial charge in [-0.2, -0.15) is 0 Å². The van der Waals surface area contributed by atoms with Crippen molar-refractivity contribution in [1.29, 1.82) is 0 Å². The zero-order chi connectivity index (χ0) is 12.5. The number of fused-ring (bicyclic) bond motifs is 1.